The van der Waals surface area contributed by atoms with Gasteiger partial charge in [-0.3, -0.25) is 0 Å². The Bertz CT molecular complexity index is 140. The summed E-state index contributed by atoms with van der Waals surface area (Å²) in [6, 6.07) is 0. The Hall–Kier alpha value is -0.600. The first kappa shape index (κ1) is 10.4. The summed E-state index contributed by atoms with van der Waals surface area (Å²) < 4.78 is 0. The van der Waals surface area contributed by atoms with Crippen LogP contribution in [0.25, 0.3) is 0 Å². The summed E-state index contributed by atoms with van der Waals surface area (Å²) in [7, 11) is 0. The fourth-order valence-corrected chi connectivity index (χ4v) is 0.693. The Labute approximate surface area is 68.4 Å². The Morgan fingerprint density at radius 1 is 1.45 bits per heavy atom. The Morgan fingerprint density at radius 2 is 2.09 bits per heavy atom. The lowest BCUT2D eigenvalue weighted by atomic mass is 10.0. The average molecular weight is 155 g/mol. The largest absolute Gasteiger partial charge is 0.391 e. The molecule has 0 unspecified atom stereocenters. The van der Waals surface area contributed by atoms with Crippen molar-refractivity contribution in [2.24, 2.45) is 11.7 Å². The van der Waals surface area contributed by atoms with E-state index >= 15 is 0 Å². The monoisotopic (exact) mass is 155 g/mol. The van der Waals surface area contributed by atoms with Crippen molar-refractivity contribution in [1.82, 2.24) is 0 Å². The molecule has 0 fully saturated rings. The van der Waals surface area contributed by atoms with E-state index in [2.05, 4.69) is 0 Å². The van der Waals surface area contributed by atoms with Crippen molar-refractivity contribution in [3.05, 3.63) is 24.3 Å². The highest BCUT2D eigenvalue weighted by Gasteiger charge is 2.06. The normalized spacial score (nSPS) is 17.8. The fraction of sp³-hybridized carbons (Fsp3) is 0.556. The smallest absolute Gasteiger partial charge is 0.0722 e. The van der Waals surface area contributed by atoms with Gasteiger partial charge in [-0.15, -0.1) is 0 Å². The van der Waals surface area contributed by atoms with Crippen LogP contribution in [-0.4, -0.2) is 17.8 Å². The minimum Gasteiger partial charge on any atom is -0.391 e. The SMILES string of the molecule is C/C=C\C=C/[C@@H](C)[C@H](O)CN. The summed E-state index contributed by atoms with van der Waals surface area (Å²) in [5.74, 6) is 0.135. The van der Waals surface area contributed by atoms with Crippen LogP contribution >= 0.6 is 0 Å². The molecule has 0 rings (SSSR count). The van der Waals surface area contributed by atoms with Crippen molar-refractivity contribution >= 4 is 0 Å². The lowest BCUT2D eigenvalue weighted by molar-refractivity contribution is 0.146. The molecule has 2 heteroatoms. The van der Waals surface area contributed by atoms with Gasteiger partial charge in [-0.1, -0.05) is 31.2 Å². The number of hydrogen-bond acceptors (Lipinski definition) is 2. The molecule has 0 aromatic rings. The predicted octanol–water partition coefficient (Wildman–Crippen LogP) is 1.07. The third-order valence-corrected chi connectivity index (χ3v) is 1.57. The summed E-state index contributed by atoms with van der Waals surface area (Å²) in [4.78, 5) is 0. The number of nitrogens with two attached hydrogens (primary N) is 1. The molecule has 0 heterocycles. The molecule has 0 aromatic carbocycles. The van der Waals surface area contributed by atoms with Crippen LogP contribution in [0.1, 0.15) is 13.8 Å². The zero-order chi connectivity index (χ0) is 8.69. The third-order valence-electron chi connectivity index (χ3n) is 1.57. The van der Waals surface area contributed by atoms with Gasteiger partial charge in [0.25, 0.3) is 0 Å². The molecule has 0 aromatic heterocycles. The van der Waals surface area contributed by atoms with E-state index in [1.165, 1.54) is 0 Å². The second-order valence-electron chi connectivity index (χ2n) is 2.57. The van der Waals surface area contributed by atoms with Crippen molar-refractivity contribution in [3.63, 3.8) is 0 Å². The lowest BCUT2D eigenvalue weighted by Crippen LogP contribution is -2.25. The zero-order valence-corrected chi connectivity index (χ0v) is 7.20. The first-order valence-corrected chi connectivity index (χ1v) is 3.90. The van der Waals surface area contributed by atoms with Gasteiger partial charge >= 0.3 is 0 Å². The van der Waals surface area contributed by atoms with E-state index < -0.39 is 6.10 Å². The molecule has 0 amide bonds. The van der Waals surface area contributed by atoms with Crippen LogP contribution < -0.4 is 5.73 Å². The molecule has 0 saturated carbocycles. The topological polar surface area (TPSA) is 46.2 Å². The van der Waals surface area contributed by atoms with Gasteiger partial charge in [0.1, 0.15) is 0 Å². The molecule has 0 aliphatic heterocycles. The Kier molecular flexibility index (Phi) is 5.80. The molecule has 2 nitrogen and oxygen atoms in total. The summed E-state index contributed by atoms with van der Waals surface area (Å²) >= 11 is 0. The van der Waals surface area contributed by atoms with Crippen molar-refractivity contribution in [2.75, 3.05) is 6.54 Å². The summed E-state index contributed by atoms with van der Waals surface area (Å²) in [5, 5.41) is 9.23. The van der Waals surface area contributed by atoms with Crippen LogP contribution in [0.5, 0.6) is 0 Å². The van der Waals surface area contributed by atoms with Crippen molar-refractivity contribution < 1.29 is 5.11 Å². The number of hydrogen-bond donors (Lipinski definition) is 2. The maximum absolute atomic E-state index is 9.23. The van der Waals surface area contributed by atoms with E-state index in [0.29, 0.717) is 6.54 Å². The third kappa shape index (κ3) is 4.76. The molecule has 2 atom stereocenters. The van der Waals surface area contributed by atoms with Crippen LogP contribution in [0.15, 0.2) is 24.3 Å². The molecule has 0 aliphatic carbocycles. The molecule has 0 aliphatic rings. The Balaban J connectivity index is 3.75. The number of allylic oxidation sites excluding steroid dienone is 3. The predicted molar refractivity (Wildman–Crippen MR) is 48.2 cm³/mol. The quantitative estimate of drug-likeness (QED) is 0.597. The number of aliphatic hydroxyl groups excluding tert-OH is 1. The molecule has 64 valence electrons. The van der Waals surface area contributed by atoms with Gasteiger partial charge in [0.2, 0.25) is 0 Å². The van der Waals surface area contributed by atoms with Gasteiger partial charge in [0.05, 0.1) is 6.10 Å². The van der Waals surface area contributed by atoms with Crippen LogP contribution in [0.3, 0.4) is 0 Å². The zero-order valence-electron chi connectivity index (χ0n) is 7.20. The van der Waals surface area contributed by atoms with Gasteiger partial charge in [-0.2, -0.15) is 0 Å². The summed E-state index contributed by atoms with van der Waals surface area (Å²) in [6.45, 7) is 4.22. The second kappa shape index (κ2) is 6.13. The van der Waals surface area contributed by atoms with Crippen LogP contribution in [-0.2, 0) is 0 Å². The maximum atomic E-state index is 9.23. The average Bonchev–Trinajstić information content (AvgIpc) is 2.03. The molecule has 3 N–H and O–H groups in total. The van der Waals surface area contributed by atoms with Gasteiger partial charge in [0.15, 0.2) is 0 Å². The molecular weight excluding hydrogens is 138 g/mol. The van der Waals surface area contributed by atoms with Crippen molar-refractivity contribution in [2.45, 2.75) is 20.0 Å². The van der Waals surface area contributed by atoms with Crippen LogP contribution in [0, 0.1) is 5.92 Å². The first-order valence-electron chi connectivity index (χ1n) is 3.90. The highest BCUT2D eigenvalue weighted by Crippen LogP contribution is 2.02. The van der Waals surface area contributed by atoms with Gasteiger partial charge in [-0.25, -0.2) is 0 Å². The van der Waals surface area contributed by atoms with E-state index in [-0.39, 0.29) is 5.92 Å². The van der Waals surface area contributed by atoms with E-state index in [4.69, 9.17) is 5.73 Å². The highest BCUT2D eigenvalue weighted by molar-refractivity contribution is 5.03. The summed E-state index contributed by atoms with van der Waals surface area (Å²) in [6.07, 6.45) is 7.32. The van der Waals surface area contributed by atoms with Gasteiger partial charge < -0.3 is 10.8 Å². The minimum atomic E-state index is -0.420. The van der Waals surface area contributed by atoms with Crippen molar-refractivity contribution in [1.29, 1.82) is 0 Å². The van der Waals surface area contributed by atoms with E-state index in [1.54, 1.807) is 0 Å². The van der Waals surface area contributed by atoms with Crippen LogP contribution in [0.2, 0.25) is 0 Å². The maximum Gasteiger partial charge on any atom is 0.0722 e. The first-order chi connectivity index (χ1) is 5.22. The van der Waals surface area contributed by atoms with Gasteiger partial charge in [0, 0.05) is 12.5 Å². The molecule has 0 radical (unpaired) electrons. The number of rotatable bonds is 4. The minimum absolute atomic E-state index is 0.135. The standard InChI is InChI=1S/C9H17NO/c1-3-4-5-6-8(2)9(11)7-10/h3-6,8-9,11H,7,10H2,1-2H3/b4-3-,6-5-/t8-,9-/m1/s1. The van der Waals surface area contributed by atoms with E-state index in [1.807, 2.05) is 38.2 Å². The Morgan fingerprint density at radius 3 is 2.55 bits per heavy atom. The van der Waals surface area contributed by atoms with Gasteiger partial charge in [-0.05, 0) is 6.92 Å². The molecule has 11 heavy (non-hydrogen) atoms. The molecular formula is C9H17NO. The van der Waals surface area contributed by atoms with E-state index in [0.717, 1.165) is 0 Å². The highest BCUT2D eigenvalue weighted by atomic mass is 16.3. The molecule has 0 bridgehead atoms. The van der Waals surface area contributed by atoms with Crippen molar-refractivity contribution in [3.8, 4) is 0 Å². The molecule has 0 saturated heterocycles. The fourth-order valence-electron chi connectivity index (χ4n) is 0.693. The van der Waals surface area contributed by atoms with Crippen LogP contribution in [0.4, 0.5) is 0 Å². The lowest BCUT2D eigenvalue weighted by Gasteiger charge is -2.11. The number of aliphatic hydroxyl groups is 1. The second-order valence-corrected chi connectivity index (χ2v) is 2.57. The summed E-state index contributed by atoms with van der Waals surface area (Å²) in [5.41, 5.74) is 5.28. The molecule has 0 spiro atoms. The van der Waals surface area contributed by atoms with E-state index in [9.17, 15) is 5.11 Å².